The van der Waals surface area contributed by atoms with E-state index in [4.69, 9.17) is 9.26 Å². The summed E-state index contributed by atoms with van der Waals surface area (Å²) in [7, 11) is 0. The Morgan fingerprint density at radius 2 is 1.82 bits per heavy atom. The van der Waals surface area contributed by atoms with E-state index in [-0.39, 0.29) is 16.7 Å². The highest BCUT2D eigenvalue weighted by Gasteiger charge is 2.23. The first-order chi connectivity index (χ1) is 15.7. The van der Waals surface area contributed by atoms with Crippen LogP contribution >= 0.6 is 0 Å². The molecular formula is C23H25N5O5. The molecule has 2 aromatic carbocycles. The molecule has 2 heterocycles. The van der Waals surface area contributed by atoms with Gasteiger partial charge in [0.15, 0.2) is 0 Å². The molecule has 0 spiro atoms. The van der Waals surface area contributed by atoms with E-state index in [0.717, 1.165) is 5.56 Å². The molecule has 4 rings (SSSR count). The van der Waals surface area contributed by atoms with Gasteiger partial charge in [-0.1, -0.05) is 25.9 Å². The number of hydrogen-bond donors (Lipinski definition) is 1. The average molecular weight is 451 g/mol. The van der Waals surface area contributed by atoms with Crippen LogP contribution in [-0.2, 0) is 10.2 Å². The van der Waals surface area contributed by atoms with E-state index in [9.17, 15) is 14.9 Å². The Hall–Kier alpha value is -3.79. The van der Waals surface area contributed by atoms with Crippen LogP contribution in [0, 0.1) is 10.1 Å². The zero-order valence-electron chi connectivity index (χ0n) is 18.7. The van der Waals surface area contributed by atoms with Gasteiger partial charge in [-0.15, -0.1) is 0 Å². The van der Waals surface area contributed by atoms with Gasteiger partial charge in [-0.25, -0.2) is 0 Å². The van der Waals surface area contributed by atoms with Crippen LogP contribution in [-0.4, -0.2) is 47.3 Å². The Bertz CT molecular complexity index is 1160. The van der Waals surface area contributed by atoms with E-state index >= 15 is 0 Å². The van der Waals surface area contributed by atoms with Crippen LogP contribution in [0.1, 0.15) is 37.0 Å². The number of aromatic nitrogens is 2. The number of nitro groups is 1. The first kappa shape index (κ1) is 22.4. The summed E-state index contributed by atoms with van der Waals surface area (Å²) in [6, 6.07) is 11.4. The molecule has 172 valence electrons. The van der Waals surface area contributed by atoms with Gasteiger partial charge in [-0.3, -0.25) is 14.9 Å². The number of amides is 1. The van der Waals surface area contributed by atoms with Gasteiger partial charge >= 0.3 is 0 Å². The molecule has 0 bridgehead atoms. The van der Waals surface area contributed by atoms with Crippen LogP contribution in [0.15, 0.2) is 47.0 Å². The maximum Gasteiger partial charge on any atom is 0.270 e. The number of benzene rings is 2. The number of non-ortho nitro benzene ring substituents is 1. The number of nitrogens with zero attached hydrogens (tertiary/aromatic N) is 4. The van der Waals surface area contributed by atoms with E-state index in [0.29, 0.717) is 49.4 Å². The number of carbonyl (C=O) groups is 1. The first-order valence-electron chi connectivity index (χ1n) is 10.6. The highest BCUT2D eigenvalue weighted by molar-refractivity contribution is 6.08. The molecule has 0 aliphatic carbocycles. The summed E-state index contributed by atoms with van der Waals surface area (Å²) < 4.78 is 10.7. The lowest BCUT2D eigenvalue weighted by Crippen LogP contribution is -2.37. The lowest BCUT2D eigenvalue weighted by molar-refractivity contribution is -0.384. The predicted octanol–water partition coefficient (Wildman–Crippen LogP) is 4.03. The van der Waals surface area contributed by atoms with Crippen molar-refractivity contribution in [2.24, 2.45) is 0 Å². The van der Waals surface area contributed by atoms with Crippen LogP contribution in [0.3, 0.4) is 0 Å². The van der Waals surface area contributed by atoms with Crippen molar-refractivity contribution < 1.29 is 19.0 Å². The van der Waals surface area contributed by atoms with Gasteiger partial charge < -0.3 is 19.5 Å². The number of hydrogen-bond acceptors (Lipinski definition) is 8. The Morgan fingerprint density at radius 1 is 1.12 bits per heavy atom. The number of carbonyl (C=O) groups excluding carboxylic acids is 1. The molecule has 0 unspecified atom stereocenters. The molecule has 1 fully saturated rings. The second kappa shape index (κ2) is 8.99. The summed E-state index contributed by atoms with van der Waals surface area (Å²) in [5.41, 5.74) is 1.77. The van der Waals surface area contributed by atoms with Gasteiger partial charge in [-0.2, -0.15) is 4.98 Å². The van der Waals surface area contributed by atoms with Crippen LogP contribution in [0.5, 0.6) is 0 Å². The van der Waals surface area contributed by atoms with Crippen LogP contribution < -0.4 is 10.2 Å². The lowest BCUT2D eigenvalue weighted by Gasteiger charge is -2.30. The van der Waals surface area contributed by atoms with Crippen molar-refractivity contribution in [3.05, 3.63) is 64.0 Å². The average Bonchev–Trinajstić information content (AvgIpc) is 3.31. The quantitative estimate of drug-likeness (QED) is 0.455. The molecule has 0 atom stereocenters. The third kappa shape index (κ3) is 5.01. The van der Waals surface area contributed by atoms with Crippen molar-refractivity contribution >= 4 is 23.0 Å². The molecule has 10 nitrogen and oxygen atoms in total. The van der Waals surface area contributed by atoms with Crippen molar-refractivity contribution in [1.29, 1.82) is 0 Å². The van der Waals surface area contributed by atoms with Gasteiger partial charge in [-0.05, 0) is 30.3 Å². The van der Waals surface area contributed by atoms with E-state index in [2.05, 4.69) is 15.5 Å². The van der Waals surface area contributed by atoms with Crippen LogP contribution in [0.25, 0.3) is 11.4 Å². The summed E-state index contributed by atoms with van der Waals surface area (Å²) in [6.07, 6.45) is 0. The smallest absolute Gasteiger partial charge is 0.270 e. The first-order valence-corrected chi connectivity index (χ1v) is 10.6. The van der Waals surface area contributed by atoms with E-state index in [1.165, 1.54) is 12.1 Å². The minimum absolute atomic E-state index is 0.140. The molecule has 1 amide bonds. The molecule has 1 aliphatic heterocycles. The van der Waals surface area contributed by atoms with Crippen molar-refractivity contribution in [3.63, 3.8) is 0 Å². The van der Waals surface area contributed by atoms with Gasteiger partial charge in [0.05, 0.1) is 29.4 Å². The van der Waals surface area contributed by atoms with Gasteiger partial charge in [0.2, 0.25) is 11.7 Å². The fourth-order valence-electron chi connectivity index (χ4n) is 3.45. The summed E-state index contributed by atoms with van der Waals surface area (Å²) in [6.45, 7) is 8.24. The molecule has 3 aromatic rings. The zero-order chi connectivity index (χ0) is 23.6. The molecule has 33 heavy (non-hydrogen) atoms. The molecule has 1 saturated heterocycles. The summed E-state index contributed by atoms with van der Waals surface area (Å²) in [4.78, 5) is 30.3. The van der Waals surface area contributed by atoms with Gasteiger partial charge in [0.1, 0.15) is 0 Å². The maximum absolute atomic E-state index is 13.1. The minimum Gasteiger partial charge on any atom is -0.378 e. The molecule has 0 saturated carbocycles. The fourth-order valence-corrected chi connectivity index (χ4v) is 3.45. The van der Waals surface area contributed by atoms with Gasteiger partial charge in [0.25, 0.3) is 11.6 Å². The maximum atomic E-state index is 13.1. The highest BCUT2D eigenvalue weighted by Crippen LogP contribution is 2.28. The monoisotopic (exact) mass is 451 g/mol. The number of anilines is 2. The lowest BCUT2D eigenvalue weighted by atomic mass is 9.97. The van der Waals surface area contributed by atoms with E-state index in [1.807, 2.05) is 25.7 Å². The second-order valence-electron chi connectivity index (χ2n) is 8.76. The minimum atomic E-state index is -0.509. The molecular weight excluding hydrogens is 426 g/mol. The highest BCUT2D eigenvalue weighted by atomic mass is 16.6. The fraction of sp³-hybridized carbons (Fsp3) is 0.348. The van der Waals surface area contributed by atoms with Crippen molar-refractivity contribution in [2.45, 2.75) is 26.2 Å². The van der Waals surface area contributed by atoms with Gasteiger partial charge in [0, 0.05) is 41.9 Å². The van der Waals surface area contributed by atoms with Crippen LogP contribution in [0.2, 0.25) is 0 Å². The SMILES string of the molecule is CC(C)(C)c1nc(-c2ccc(NC(=O)c3cc([N+](=O)[O-])ccc3N3CCOCC3)cc2)no1. The Morgan fingerprint density at radius 3 is 2.42 bits per heavy atom. The second-order valence-corrected chi connectivity index (χ2v) is 8.76. The third-order valence-electron chi connectivity index (χ3n) is 5.26. The number of morpholine rings is 1. The Balaban J connectivity index is 1.56. The Kier molecular flexibility index (Phi) is 6.10. The number of ether oxygens (including phenoxy) is 1. The van der Waals surface area contributed by atoms with Crippen molar-refractivity contribution in [3.8, 4) is 11.4 Å². The van der Waals surface area contributed by atoms with E-state index < -0.39 is 10.8 Å². The number of nitrogens with one attached hydrogen (secondary N) is 1. The van der Waals surface area contributed by atoms with E-state index in [1.54, 1.807) is 30.3 Å². The molecule has 1 aliphatic rings. The van der Waals surface area contributed by atoms with Crippen molar-refractivity contribution in [1.82, 2.24) is 10.1 Å². The molecule has 1 aromatic heterocycles. The Labute approximate surface area is 190 Å². The summed E-state index contributed by atoms with van der Waals surface area (Å²) >= 11 is 0. The largest absolute Gasteiger partial charge is 0.378 e. The standard InChI is InChI=1S/C23H25N5O5/c1-23(2,3)22-25-20(26-33-22)15-4-6-16(7-5-15)24-21(29)18-14-17(28(30)31)8-9-19(18)27-10-12-32-13-11-27/h4-9,14H,10-13H2,1-3H3,(H,24,29). The number of nitro benzene ring substituents is 1. The van der Waals surface area contributed by atoms with Crippen molar-refractivity contribution in [2.75, 3.05) is 36.5 Å². The molecule has 0 radical (unpaired) electrons. The van der Waals surface area contributed by atoms with Crippen LogP contribution in [0.4, 0.5) is 17.1 Å². The summed E-state index contributed by atoms with van der Waals surface area (Å²) in [5.74, 6) is 0.574. The molecule has 1 N–H and O–H groups in total. The third-order valence-corrected chi connectivity index (χ3v) is 5.26. The number of rotatable bonds is 5. The zero-order valence-corrected chi connectivity index (χ0v) is 18.7. The normalized spacial score (nSPS) is 14.2. The molecule has 10 heteroatoms. The predicted molar refractivity (Wildman–Crippen MR) is 123 cm³/mol. The summed E-state index contributed by atoms with van der Waals surface area (Å²) in [5, 5.41) is 18.1. The topological polar surface area (TPSA) is 124 Å².